The molecule has 5 heteroatoms. The van der Waals surface area contributed by atoms with Crippen molar-refractivity contribution in [2.45, 2.75) is 6.92 Å². The number of hydrogen-bond acceptors (Lipinski definition) is 4. The summed E-state index contributed by atoms with van der Waals surface area (Å²) < 4.78 is 5.61. The molecule has 8 aromatic rings. The zero-order chi connectivity index (χ0) is 30.2. The van der Waals surface area contributed by atoms with E-state index in [4.69, 9.17) is 4.74 Å². The highest BCUT2D eigenvalue weighted by atomic mass is 16.5. The van der Waals surface area contributed by atoms with Gasteiger partial charge in [0.15, 0.2) is 0 Å². The van der Waals surface area contributed by atoms with E-state index < -0.39 is 0 Å². The summed E-state index contributed by atoms with van der Waals surface area (Å²) in [5.41, 5.74) is 3.28. The maximum absolute atomic E-state index is 14.5. The van der Waals surface area contributed by atoms with E-state index in [1.807, 2.05) is 43.3 Å². The van der Waals surface area contributed by atoms with Crippen molar-refractivity contribution in [1.82, 2.24) is 0 Å². The molecule has 0 atom stereocenters. The first-order chi connectivity index (χ1) is 22.1. The lowest BCUT2D eigenvalue weighted by Crippen LogP contribution is -2.40. The highest BCUT2D eigenvalue weighted by Crippen LogP contribution is 2.48. The average molecular weight is 583 g/mol. The smallest absolute Gasteiger partial charge is 0.266 e. The molecule has 1 aliphatic heterocycles. The Kier molecular flexibility index (Phi) is 5.41. The van der Waals surface area contributed by atoms with Gasteiger partial charge in [0, 0.05) is 38.5 Å². The Morgan fingerprint density at radius 1 is 0.556 bits per heavy atom. The van der Waals surface area contributed by atoms with Crippen LogP contribution in [0, 0.1) is 0 Å². The molecule has 0 fully saturated rings. The molecule has 0 aliphatic carbocycles. The van der Waals surface area contributed by atoms with Crippen LogP contribution in [0.15, 0.2) is 121 Å². The number of carbonyl (C=O) groups excluding carboxylic acids is 2. The van der Waals surface area contributed by atoms with Crippen molar-refractivity contribution in [2.75, 3.05) is 16.8 Å². The van der Waals surface area contributed by atoms with E-state index >= 15 is 0 Å². The predicted molar refractivity (Wildman–Crippen MR) is 184 cm³/mol. The monoisotopic (exact) mass is 582 g/mol. The molecule has 2 amide bonds. The third kappa shape index (κ3) is 3.61. The minimum Gasteiger partial charge on any atom is -0.494 e. The molecule has 0 saturated carbocycles. The third-order valence-electron chi connectivity index (χ3n) is 9.08. The number of ether oxygens (including phenoxy) is 1. The Balaban J connectivity index is 1.37. The van der Waals surface area contributed by atoms with Crippen LogP contribution in [0.3, 0.4) is 0 Å². The van der Waals surface area contributed by atoms with Crippen molar-refractivity contribution in [3.63, 3.8) is 0 Å². The van der Waals surface area contributed by atoms with Gasteiger partial charge in [0.2, 0.25) is 0 Å². The summed E-state index contributed by atoms with van der Waals surface area (Å²) in [6, 6.07) is 40.1. The van der Waals surface area contributed by atoms with Gasteiger partial charge in [-0.15, -0.1) is 0 Å². The van der Waals surface area contributed by atoms with Gasteiger partial charge in [0.25, 0.3) is 11.8 Å². The molecule has 1 N–H and O–H groups in total. The number of imide groups is 1. The fourth-order valence-electron chi connectivity index (χ4n) is 7.19. The number of amides is 2. The second kappa shape index (κ2) is 9.53. The Morgan fingerprint density at radius 3 is 2.04 bits per heavy atom. The lowest BCUT2D eigenvalue weighted by Gasteiger charge is -2.29. The number of nitrogens with zero attached hydrogens (tertiary/aromatic N) is 1. The van der Waals surface area contributed by atoms with E-state index in [1.54, 1.807) is 24.3 Å². The summed E-state index contributed by atoms with van der Waals surface area (Å²) in [7, 11) is 0. The summed E-state index contributed by atoms with van der Waals surface area (Å²) in [4.78, 5) is 29.9. The Morgan fingerprint density at radius 2 is 1.22 bits per heavy atom. The molecule has 1 heterocycles. The number of carbonyl (C=O) groups is 2. The topological polar surface area (TPSA) is 58.6 Å². The first kappa shape index (κ1) is 25.5. The molecular weight excluding hydrogens is 556 g/mol. The second-order valence-electron chi connectivity index (χ2n) is 11.5. The molecule has 0 spiro atoms. The quantitative estimate of drug-likeness (QED) is 0.125. The fraction of sp³-hybridized carbons (Fsp3) is 0.0500. The molecule has 0 radical (unpaired) electrons. The van der Waals surface area contributed by atoms with Crippen LogP contribution in [0.4, 0.5) is 17.1 Å². The third-order valence-corrected chi connectivity index (χ3v) is 9.08. The molecule has 214 valence electrons. The fourth-order valence-corrected chi connectivity index (χ4v) is 7.19. The standard InChI is InChI=1S/C40H26N2O3/c1-2-45-26-18-16-25(17-19-26)42-39(43)31-21-20-29-28-13-5-10-24-11-6-14-30(35(24)28)37-34(22-32(40(42)44)36(31)38(29)37)41-33-15-7-9-23-8-3-4-12-27(23)33/h3-22,41H,2H2,1H3. The van der Waals surface area contributed by atoms with Gasteiger partial charge in [-0.3, -0.25) is 9.59 Å². The zero-order valence-electron chi connectivity index (χ0n) is 24.4. The van der Waals surface area contributed by atoms with Crippen LogP contribution >= 0.6 is 0 Å². The summed E-state index contributed by atoms with van der Waals surface area (Å²) >= 11 is 0. The van der Waals surface area contributed by atoms with Crippen LogP contribution < -0.4 is 15.0 Å². The van der Waals surface area contributed by atoms with E-state index in [0.717, 1.165) is 54.5 Å². The van der Waals surface area contributed by atoms with Crippen LogP contribution in [0.25, 0.3) is 53.9 Å². The lowest BCUT2D eigenvalue weighted by atomic mass is 9.83. The van der Waals surface area contributed by atoms with Gasteiger partial charge in [0.05, 0.1) is 17.9 Å². The lowest BCUT2D eigenvalue weighted by molar-refractivity contribution is 0.0893. The minimum absolute atomic E-state index is 0.332. The Bertz CT molecular complexity index is 2510. The van der Waals surface area contributed by atoms with Gasteiger partial charge < -0.3 is 10.1 Å². The number of anilines is 3. The molecule has 0 saturated heterocycles. The second-order valence-corrected chi connectivity index (χ2v) is 11.5. The maximum atomic E-state index is 14.5. The number of fused-ring (bicyclic) bond motifs is 3. The molecule has 0 unspecified atom stereocenters. The number of nitrogens with one attached hydrogen (secondary N) is 1. The van der Waals surface area contributed by atoms with Gasteiger partial charge in [-0.1, -0.05) is 78.9 Å². The molecule has 9 rings (SSSR count). The summed E-state index contributed by atoms with van der Waals surface area (Å²) in [5, 5.41) is 14.1. The number of benzene rings is 8. The van der Waals surface area contributed by atoms with E-state index in [2.05, 4.69) is 66.0 Å². The molecule has 0 bridgehead atoms. The van der Waals surface area contributed by atoms with Crippen LogP contribution in [0.1, 0.15) is 27.6 Å². The number of rotatable bonds is 5. The average Bonchev–Trinajstić information content (AvgIpc) is 3.07. The van der Waals surface area contributed by atoms with Gasteiger partial charge in [-0.2, -0.15) is 0 Å². The van der Waals surface area contributed by atoms with E-state index in [9.17, 15) is 9.59 Å². The molecular formula is C40H26N2O3. The van der Waals surface area contributed by atoms with Crippen LogP contribution in [0.2, 0.25) is 0 Å². The van der Waals surface area contributed by atoms with Crippen molar-refractivity contribution in [3.8, 4) is 5.75 Å². The molecule has 0 aromatic heterocycles. The van der Waals surface area contributed by atoms with E-state index in [1.165, 1.54) is 10.3 Å². The van der Waals surface area contributed by atoms with Crippen molar-refractivity contribution >= 4 is 82.7 Å². The Hall–Kier alpha value is -5.94. The van der Waals surface area contributed by atoms with Crippen LogP contribution in [-0.4, -0.2) is 18.4 Å². The van der Waals surface area contributed by atoms with Crippen LogP contribution in [0.5, 0.6) is 5.75 Å². The van der Waals surface area contributed by atoms with Crippen LogP contribution in [-0.2, 0) is 0 Å². The largest absolute Gasteiger partial charge is 0.494 e. The van der Waals surface area contributed by atoms with Crippen molar-refractivity contribution in [1.29, 1.82) is 0 Å². The zero-order valence-corrected chi connectivity index (χ0v) is 24.4. The van der Waals surface area contributed by atoms with Gasteiger partial charge in [-0.25, -0.2) is 4.90 Å². The van der Waals surface area contributed by atoms with Gasteiger partial charge in [-0.05, 0) is 81.7 Å². The normalized spacial score (nSPS) is 13.1. The molecule has 1 aliphatic rings. The molecule has 45 heavy (non-hydrogen) atoms. The number of hydrogen-bond donors (Lipinski definition) is 1. The van der Waals surface area contributed by atoms with Gasteiger partial charge >= 0.3 is 0 Å². The summed E-state index contributed by atoms with van der Waals surface area (Å²) in [6.07, 6.45) is 0. The van der Waals surface area contributed by atoms with E-state index in [0.29, 0.717) is 34.6 Å². The predicted octanol–water partition coefficient (Wildman–Crippen LogP) is 9.83. The first-order valence-electron chi connectivity index (χ1n) is 15.1. The molecule has 5 nitrogen and oxygen atoms in total. The van der Waals surface area contributed by atoms with Crippen molar-refractivity contribution < 1.29 is 14.3 Å². The van der Waals surface area contributed by atoms with Gasteiger partial charge in [0.1, 0.15) is 5.75 Å². The highest BCUT2D eigenvalue weighted by Gasteiger charge is 2.36. The van der Waals surface area contributed by atoms with E-state index in [-0.39, 0.29) is 11.8 Å². The minimum atomic E-state index is -0.349. The summed E-state index contributed by atoms with van der Waals surface area (Å²) in [6.45, 7) is 2.45. The van der Waals surface area contributed by atoms with Crippen molar-refractivity contribution in [2.24, 2.45) is 0 Å². The summed E-state index contributed by atoms with van der Waals surface area (Å²) in [5.74, 6) is 0.00545. The SMILES string of the molecule is CCOc1ccc(N2C(=O)c3ccc4c5cccc6cccc(c7c(Nc8cccc9ccccc89)cc(c3c47)C2=O)c65)cc1. The molecule has 8 aromatic carbocycles. The highest BCUT2D eigenvalue weighted by molar-refractivity contribution is 6.43. The maximum Gasteiger partial charge on any atom is 0.266 e. The first-order valence-corrected chi connectivity index (χ1v) is 15.1. The van der Waals surface area contributed by atoms with Crippen molar-refractivity contribution in [3.05, 3.63) is 132 Å². The Labute approximate surface area is 258 Å².